The van der Waals surface area contributed by atoms with E-state index in [2.05, 4.69) is 5.16 Å². The van der Waals surface area contributed by atoms with E-state index in [9.17, 15) is 4.39 Å². The lowest BCUT2D eigenvalue weighted by Crippen LogP contribution is -1.93. The van der Waals surface area contributed by atoms with Crippen molar-refractivity contribution >= 4 is 16.8 Å². The van der Waals surface area contributed by atoms with Crippen molar-refractivity contribution in [2.24, 2.45) is 0 Å². The summed E-state index contributed by atoms with van der Waals surface area (Å²) in [5, 5.41) is 4.52. The zero-order chi connectivity index (χ0) is 14.3. The molecule has 3 nitrogen and oxygen atoms in total. The number of aromatic nitrogens is 1. The monoisotopic (exact) mass is 270 g/mol. The van der Waals surface area contributed by atoms with E-state index in [0.29, 0.717) is 17.0 Å². The molecule has 0 fully saturated rings. The number of halogens is 1. The van der Waals surface area contributed by atoms with E-state index in [-0.39, 0.29) is 11.7 Å². The van der Waals surface area contributed by atoms with Gasteiger partial charge in [0.15, 0.2) is 11.4 Å². The third-order valence-corrected chi connectivity index (χ3v) is 3.45. The first-order valence-electron chi connectivity index (χ1n) is 6.51. The van der Waals surface area contributed by atoms with Crippen LogP contribution >= 0.6 is 0 Å². The van der Waals surface area contributed by atoms with Crippen molar-refractivity contribution in [2.75, 3.05) is 5.73 Å². The first kappa shape index (κ1) is 12.7. The molecule has 1 heterocycles. The van der Waals surface area contributed by atoms with Gasteiger partial charge in [-0.3, -0.25) is 0 Å². The molecule has 3 rings (SSSR count). The van der Waals surface area contributed by atoms with Gasteiger partial charge in [-0.1, -0.05) is 31.1 Å². The molecule has 0 aliphatic carbocycles. The van der Waals surface area contributed by atoms with E-state index in [1.807, 2.05) is 38.1 Å². The van der Waals surface area contributed by atoms with Crippen molar-refractivity contribution in [1.29, 1.82) is 0 Å². The Morgan fingerprint density at radius 2 is 1.80 bits per heavy atom. The summed E-state index contributed by atoms with van der Waals surface area (Å²) in [5.41, 5.74) is 8.94. The minimum atomic E-state index is -0.172. The number of nitrogens with two attached hydrogens (primary N) is 1. The van der Waals surface area contributed by atoms with Gasteiger partial charge in [0.2, 0.25) is 0 Å². The Balaban J connectivity index is 2.12. The van der Waals surface area contributed by atoms with Gasteiger partial charge in [-0.25, -0.2) is 4.39 Å². The second-order valence-electron chi connectivity index (χ2n) is 5.17. The van der Waals surface area contributed by atoms with Crippen molar-refractivity contribution < 1.29 is 8.91 Å². The highest BCUT2D eigenvalue weighted by Crippen LogP contribution is 2.30. The maximum atomic E-state index is 13.7. The lowest BCUT2D eigenvalue weighted by molar-refractivity contribution is 0.460. The largest absolute Gasteiger partial charge is 0.380 e. The van der Waals surface area contributed by atoms with Crippen LogP contribution in [0.2, 0.25) is 0 Å². The fourth-order valence-electron chi connectivity index (χ4n) is 2.30. The third kappa shape index (κ3) is 2.03. The fourth-order valence-corrected chi connectivity index (χ4v) is 2.30. The van der Waals surface area contributed by atoms with E-state index in [0.717, 1.165) is 16.5 Å². The average Bonchev–Trinajstić information content (AvgIpc) is 2.80. The van der Waals surface area contributed by atoms with Crippen LogP contribution in [-0.4, -0.2) is 5.16 Å². The Kier molecular flexibility index (Phi) is 2.93. The van der Waals surface area contributed by atoms with Gasteiger partial charge in [0.25, 0.3) is 0 Å². The Morgan fingerprint density at radius 1 is 1.10 bits per heavy atom. The van der Waals surface area contributed by atoms with Crippen LogP contribution in [0.4, 0.5) is 10.2 Å². The van der Waals surface area contributed by atoms with Crippen LogP contribution in [0.3, 0.4) is 0 Å². The van der Waals surface area contributed by atoms with Crippen molar-refractivity contribution in [3.8, 4) is 11.1 Å². The molecule has 0 saturated carbocycles. The van der Waals surface area contributed by atoms with Gasteiger partial charge in [-0.2, -0.15) is 0 Å². The van der Waals surface area contributed by atoms with Crippen LogP contribution in [0.5, 0.6) is 0 Å². The molecule has 0 amide bonds. The summed E-state index contributed by atoms with van der Waals surface area (Å²) in [5.74, 6) is 0.349. The summed E-state index contributed by atoms with van der Waals surface area (Å²) in [6.07, 6.45) is 0. The second kappa shape index (κ2) is 4.63. The predicted molar refractivity (Wildman–Crippen MR) is 77.9 cm³/mol. The molecule has 4 heteroatoms. The van der Waals surface area contributed by atoms with Crippen molar-refractivity contribution in [3.63, 3.8) is 0 Å². The summed E-state index contributed by atoms with van der Waals surface area (Å²) in [7, 11) is 0. The van der Waals surface area contributed by atoms with Gasteiger partial charge in [0, 0.05) is 0 Å². The molecule has 0 bridgehead atoms. The lowest BCUT2D eigenvalue weighted by atomic mass is 9.96. The molecule has 102 valence electrons. The molecule has 0 unspecified atom stereocenters. The number of hydrogen-bond donors (Lipinski definition) is 1. The maximum absolute atomic E-state index is 13.7. The van der Waals surface area contributed by atoms with Crippen molar-refractivity contribution in [3.05, 3.63) is 47.8 Å². The van der Waals surface area contributed by atoms with Crippen LogP contribution in [0, 0.1) is 5.82 Å². The van der Waals surface area contributed by atoms with Crippen LogP contribution in [0.25, 0.3) is 22.1 Å². The third-order valence-electron chi connectivity index (χ3n) is 3.45. The Labute approximate surface area is 116 Å². The van der Waals surface area contributed by atoms with Crippen LogP contribution in [0.15, 0.2) is 40.9 Å². The van der Waals surface area contributed by atoms with Crippen molar-refractivity contribution in [1.82, 2.24) is 5.16 Å². The maximum Gasteiger partial charge on any atom is 0.174 e. The minimum absolute atomic E-state index is 0.139. The summed E-state index contributed by atoms with van der Waals surface area (Å²) in [6.45, 7) is 3.95. The number of hydrogen-bond acceptors (Lipinski definition) is 3. The highest BCUT2D eigenvalue weighted by atomic mass is 19.1. The number of nitrogens with zero attached hydrogens (tertiary/aromatic N) is 1. The Bertz CT molecular complexity index is 777. The summed E-state index contributed by atoms with van der Waals surface area (Å²) in [4.78, 5) is 0. The summed E-state index contributed by atoms with van der Waals surface area (Å²) < 4.78 is 18.9. The molecular formula is C16H15FN2O. The number of rotatable bonds is 2. The van der Waals surface area contributed by atoms with E-state index in [4.69, 9.17) is 10.3 Å². The summed E-state index contributed by atoms with van der Waals surface area (Å²) >= 11 is 0. The van der Waals surface area contributed by atoms with Gasteiger partial charge in [0.05, 0.1) is 5.39 Å². The first-order valence-corrected chi connectivity index (χ1v) is 6.51. The zero-order valence-electron chi connectivity index (χ0n) is 11.4. The Hall–Kier alpha value is -2.36. The van der Waals surface area contributed by atoms with Gasteiger partial charge in [-0.15, -0.1) is 0 Å². The zero-order valence-corrected chi connectivity index (χ0v) is 11.4. The van der Waals surface area contributed by atoms with Gasteiger partial charge in [0.1, 0.15) is 5.82 Å². The SMILES string of the molecule is CC(C)c1cc(-c2ccc3c(N)noc3c2)ccc1F. The van der Waals surface area contributed by atoms with E-state index in [1.54, 1.807) is 6.07 Å². The molecule has 2 aromatic carbocycles. The topological polar surface area (TPSA) is 52.0 Å². The number of benzene rings is 2. The lowest BCUT2D eigenvalue weighted by Gasteiger charge is -2.10. The predicted octanol–water partition coefficient (Wildman–Crippen LogP) is 4.34. The molecule has 0 aliphatic heterocycles. The molecule has 2 N–H and O–H groups in total. The summed E-state index contributed by atoms with van der Waals surface area (Å²) in [6, 6.07) is 10.8. The van der Waals surface area contributed by atoms with Crippen LogP contribution in [0.1, 0.15) is 25.3 Å². The van der Waals surface area contributed by atoms with Gasteiger partial charge in [-0.05, 0) is 46.9 Å². The molecule has 0 radical (unpaired) electrons. The standard InChI is InChI=1S/C16H15FN2O/c1-9(2)13-7-10(4-6-14(13)17)11-3-5-12-15(8-11)20-19-16(12)18/h3-9H,1-2H3,(H2,18,19). The normalized spacial score (nSPS) is 11.4. The smallest absolute Gasteiger partial charge is 0.174 e. The Morgan fingerprint density at radius 3 is 2.55 bits per heavy atom. The van der Waals surface area contributed by atoms with E-state index in [1.165, 1.54) is 6.07 Å². The van der Waals surface area contributed by atoms with Gasteiger partial charge >= 0.3 is 0 Å². The van der Waals surface area contributed by atoms with Gasteiger partial charge < -0.3 is 10.3 Å². The van der Waals surface area contributed by atoms with Crippen LogP contribution in [-0.2, 0) is 0 Å². The molecule has 0 saturated heterocycles. The number of anilines is 1. The number of nitrogen functional groups attached to an aromatic ring is 1. The molecule has 3 aromatic rings. The molecular weight excluding hydrogens is 255 g/mol. The first-order chi connectivity index (χ1) is 9.56. The second-order valence-corrected chi connectivity index (χ2v) is 5.17. The quantitative estimate of drug-likeness (QED) is 0.753. The fraction of sp³-hybridized carbons (Fsp3) is 0.188. The van der Waals surface area contributed by atoms with E-state index < -0.39 is 0 Å². The van der Waals surface area contributed by atoms with Crippen LogP contribution < -0.4 is 5.73 Å². The molecule has 1 aromatic heterocycles. The molecule has 0 spiro atoms. The average molecular weight is 270 g/mol. The molecule has 0 aliphatic rings. The molecule has 20 heavy (non-hydrogen) atoms. The van der Waals surface area contributed by atoms with E-state index >= 15 is 0 Å². The highest BCUT2D eigenvalue weighted by Gasteiger charge is 2.10. The molecule has 0 atom stereocenters. The minimum Gasteiger partial charge on any atom is -0.380 e. The van der Waals surface area contributed by atoms with Crippen molar-refractivity contribution in [2.45, 2.75) is 19.8 Å². The number of fused-ring (bicyclic) bond motifs is 1. The highest BCUT2D eigenvalue weighted by molar-refractivity contribution is 5.90.